The number of aliphatic hydroxyl groups is 2. The van der Waals surface area contributed by atoms with Crippen LogP contribution in [0.25, 0.3) is 0 Å². The molecule has 0 bridgehead atoms. The number of carbonyl (C=O) groups is 1. The van der Waals surface area contributed by atoms with Crippen LogP contribution in [0, 0.1) is 0 Å². The van der Waals surface area contributed by atoms with Gasteiger partial charge >= 0.3 is 0 Å². The zero-order valence-corrected chi connectivity index (χ0v) is 45.7. The highest BCUT2D eigenvalue weighted by molar-refractivity contribution is 5.76. The number of allylic oxidation sites excluding steroid dienone is 27. The molecule has 0 rings (SSSR count). The second kappa shape index (κ2) is 60.1. The molecule has 0 fully saturated rings. The lowest BCUT2D eigenvalue weighted by atomic mass is 10.0. The Morgan fingerprint density at radius 3 is 0.986 bits per heavy atom. The fourth-order valence-corrected chi connectivity index (χ4v) is 7.57. The van der Waals surface area contributed by atoms with E-state index in [2.05, 4.69) is 177 Å². The van der Waals surface area contributed by atoms with Crippen LogP contribution >= 0.6 is 0 Å². The highest BCUT2D eigenvalue weighted by Gasteiger charge is 2.17. The van der Waals surface area contributed by atoms with E-state index >= 15 is 0 Å². The van der Waals surface area contributed by atoms with Gasteiger partial charge in [0.25, 0.3) is 0 Å². The molecule has 3 N–H and O–H groups in total. The molecule has 0 aromatic heterocycles. The number of nitrogens with one attached hydrogen (secondary N) is 1. The minimum absolute atomic E-state index is 0.117. The summed E-state index contributed by atoms with van der Waals surface area (Å²) in [5, 5.41) is 23.1. The lowest BCUT2D eigenvalue weighted by Gasteiger charge is -2.19. The number of rotatable bonds is 50. The Kier molecular flexibility index (Phi) is 56.5. The molecule has 0 heterocycles. The first kappa shape index (κ1) is 66.8. The highest BCUT2D eigenvalue weighted by Crippen LogP contribution is 2.13. The Bertz CT molecular complexity index is 1570. The fourth-order valence-electron chi connectivity index (χ4n) is 7.57. The normalized spacial score (nSPS) is 14.1. The third kappa shape index (κ3) is 56.5. The summed E-state index contributed by atoms with van der Waals surface area (Å²) >= 11 is 0. The van der Waals surface area contributed by atoms with Gasteiger partial charge in [-0.05, 0) is 128 Å². The van der Waals surface area contributed by atoms with Crippen molar-refractivity contribution in [3.8, 4) is 0 Å². The molecule has 4 heteroatoms. The summed E-state index contributed by atoms with van der Waals surface area (Å²) in [4.78, 5) is 12.5. The zero-order chi connectivity index (χ0) is 51.3. The molecule has 398 valence electrons. The van der Waals surface area contributed by atoms with Crippen LogP contribution in [0.1, 0.15) is 226 Å². The van der Waals surface area contributed by atoms with Crippen molar-refractivity contribution < 1.29 is 15.0 Å². The number of carbonyl (C=O) groups excluding carboxylic acids is 1. The first-order chi connectivity index (χ1) is 35.2. The standard InChI is InChI=1S/C67H107NO3/c1-3-5-7-9-11-13-15-17-19-21-23-25-27-28-29-30-31-32-33-34-35-36-37-38-39-40-41-43-45-47-49-51-53-55-57-59-61-63-67(71)68-65(64-69)66(70)62-60-58-56-54-52-50-48-46-44-42-26-24-22-20-18-16-14-12-10-8-6-4-2/h5,7,11,13,17,19,23,25,28-29,31-32,34-35,37-38,40-41,44-47,51-54,60,62,65-66,69-70H,3-4,6,8-10,12,14-16,18,20-22,24,26-27,30,33,36,39,42-43,48-50,55-59,61,63-64H2,1-2H3,(H,68,71)/b7-5-,13-11-,19-17-,25-23-,29-28-,32-31-,35-34-,38-37-,41-40-,46-44+,47-45-,53-51-,54-52+,62-60+. The zero-order valence-electron chi connectivity index (χ0n) is 45.7. The van der Waals surface area contributed by atoms with Crippen molar-refractivity contribution in [2.24, 2.45) is 0 Å². The molecule has 0 aromatic rings. The van der Waals surface area contributed by atoms with E-state index in [-0.39, 0.29) is 12.5 Å². The number of unbranched alkanes of at least 4 members (excludes halogenated alkanes) is 17. The second-order valence-corrected chi connectivity index (χ2v) is 18.6. The monoisotopic (exact) mass is 974 g/mol. The SMILES string of the molecule is CC/C=C\C/C=C\C/C=C\C/C=C\C/C=C\C/C=C\C/C=C\C/C=C\C/C=C\C/C=C\C/C=C\CCCCCC(=O)NC(CO)C(O)/C=C/CC/C=C/CC/C=C/CCCCCCCCCCCCCC. The number of hydrogen-bond acceptors (Lipinski definition) is 3. The smallest absolute Gasteiger partial charge is 0.220 e. The first-order valence-corrected chi connectivity index (χ1v) is 28.8. The maximum atomic E-state index is 12.5. The van der Waals surface area contributed by atoms with Gasteiger partial charge in [0.15, 0.2) is 0 Å². The summed E-state index contributed by atoms with van der Waals surface area (Å²) in [5.74, 6) is -0.117. The maximum absolute atomic E-state index is 12.5. The van der Waals surface area contributed by atoms with Crippen LogP contribution in [0.15, 0.2) is 170 Å². The van der Waals surface area contributed by atoms with Crippen molar-refractivity contribution in [2.45, 2.75) is 238 Å². The topological polar surface area (TPSA) is 69.6 Å². The lowest BCUT2D eigenvalue weighted by molar-refractivity contribution is -0.123. The molecule has 0 spiro atoms. The Morgan fingerprint density at radius 1 is 0.352 bits per heavy atom. The molecule has 1 amide bonds. The van der Waals surface area contributed by atoms with Crippen LogP contribution < -0.4 is 5.32 Å². The number of amides is 1. The van der Waals surface area contributed by atoms with E-state index < -0.39 is 12.1 Å². The van der Waals surface area contributed by atoms with Gasteiger partial charge in [-0.3, -0.25) is 4.79 Å². The van der Waals surface area contributed by atoms with Gasteiger partial charge in [0.1, 0.15) is 0 Å². The minimum Gasteiger partial charge on any atom is -0.394 e. The van der Waals surface area contributed by atoms with Gasteiger partial charge in [-0.2, -0.15) is 0 Å². The Balaban J connectivity index is 3.76. The number of aliphatic hydroxyl groups excluding tert-OH is 2. The molecule has 4 nitrogen and oxygen atoms in total. The summed E-state index contributed by atoms with van der Waals surface area (Å²) in [6, 6.07) is -0.678. The molecular weight excluding hydrogens is 867 g/mol. The third-order valence-electron chi connectivity index (χ3n) is 11.9. The molecule has 0 saturated carbocycles. The van der Waals surface area contributed by atoms with Gasteiger partial charge in [0.05, 0.1) is 18.8 Å². The van der Waals surface area contributed by atoms with E-state index in [4.69, 9.17) is 0 Å². The first-order valence-electron chi connectivity index (χ1n) is 28.8. The summed E-state index contributed by atoms with van der Waals surface area (Å²) in [7, 11) is 0. The Hall–Kier alpha value is -4.25. The van der Waals surface area contributed by atoms with Gasteiger partial charge in [0, 0.05) is 6.42 Å². The second-order valence-electron chi connectivity index (χ2n) is 18.6. The van der Waals surface area contributed by atoms with Crippen molar-refractivity contribution in [1.29, 1.82) is 0 Å². The Labute approximate surface area is 438 Å². The van der Waals surface area contributed by atoms with Gasteiger partial charge in [-0.1, -0.05) is 261 Å². The number of hydrogen-bond donors (Lipinski definition) is 3. The summed E-state index contributed by atoms with van der Waals surface area (Å²) in [6.45, 7) is 4.16. The summed E-state index contributed by atoms with van der Waals surface area (Å²) in [6.07, 6.45) is 97.9. The van der Waals surface area contributed by atoms with Crippen molar-refractivity contribution in [3.63, 3.8) is 0 Å². The highest BCUT2D eigenvalue weighted by atomic mass is 16.3. The molecule has 0 aliphatic carbocycles. The molecule has 2 unspecified atom stereocenters. The maximum Gasteiger partial charge on any atom is 0.220 e. The van der Waals surface area contributed by atoms with Gasteiger partial charge in [0.2, 0.25) is 5.91 Å². The lowest BCUT2D eigenvalue weighted by Crippen LogP contribution is -2.45. The van der Waals surface area contributed by atoms with Crippen molar-refractivity contribution in [3.05, 3.63) is 170 Å². The van der Waals surface area contributed by atoms with Gasteiger partial charge < -0.3 is 15.5 Å². The van der Waals surface area contributed by atoms with Crippen LogP contribution in [0.4, 0.5) is 0 Å². The van der Waals surface area contributed by atoms with E-state index in [1.807, 2.05) is 6.08 Å². The largest absolute Gasteiger partial charge is 0.394 e. The van der Waals surface area contributed by atoms with Crippen molar-refractivity contribution in [1.82, 2.24) is 5.32 Å². The molecule has 0 aliphatic rings. The summed E-state index contributed by atoms with van der Waals surface area (Å²) < 4.78 is 0. The van der Waals surface area contributed by atoms with Crippen LogP contribution in [0.5, 0.6) is 0 Å². The predicted octanol–water partition coefficient (Wildman–Crippen LogP) is 19.5. The van der Waals surface area contributed by atoms with E-state index in [0.29, 0.717) is 6.42 Å². The van der Waals surface area contributed by atoms with Gasteiger partial charge in [-0.25, -0.2) is 0 Å². The molecule has 2 atom stereocenters. The van der Waals surface area contributed by atoms with E-state index in [9.17, 15) is 15.0 Å². The van der Waals surface area contributed by atoms with Crippen LogP contribution in [0.2, 0.25) is 0 Å². The molecule has 0 aliphatic heterocycles. The summed E-state index contributed by atoms with van der Waals surface area (Å²) in [5.41, 5.74) is 0. The van der Waals surface area contributed by atoms with Crippen molar-refractivity contribution in [2.75, 3.05) is 6.61 Å². The molecule has 0 radical (unpaired) electrons. The van der Waals surface area contributed by atoms with Crippen LogP contribution in [-0.2, 0) is 4.79 Å². The molecule has 0 saturated heterocycles. The van der Waals surface area contributed by atoms with E-state index in [1.54, 1.807) is 6.08 Å². The van der Waals surface area contributed by atoms with E-state index in [1.165, 1.54) is 83.5 Å². The Morgan fingerprint density at radius 2 is 0.634 bits per heavy atom. The molecule has 71 heavy (non-hydrogen) atoms. The van der Waals surface area contributed by atoms with Gasteiger partial charge in [-0.15, -0.1) is 0 Å². The average Bonchev–Trinajstić information content (AvgIpc) is 3.37. The third-order valence-corrected chi connectivity index (χ3v) is 11.9. The van der Waals surface area contributed by atoms with Crippen LogP contribution in [0.3, 0.4) is 0 Å². The minimum atomic E-state index is -0.898. The fraction of sp³-hybridized carbons (Fsp3) is 0.567. The molecular formula is C67H107NO3. The van der Waals surface area contributed by atoms with Crippen LogP contribution in [-0.4, -0.2) is 34.9 Å². The van der Waals surface area contributed by atoms with E-state index in [0.717, 1.165) is 122 Å². The average molecular weight is 975 g/mol. The molecule has 0 aromatic carbocycles. The predicted molar refractivity (Wildman–Crippen MR) is 317 cm³/mol. The quantitative estimate of drug-likeness (QED) is 0.0420. The van der Waals surface area contributed by atoms with Crippen molar-refractivity contribution >= 4 is 5.91 Å².